The van der Waals surface area contributed by atoms with Gasteiger partial charge in [-0.15, -0.1) is 0 Å². The van der Waals surface area contributed by atoms with E-state index in [0.717, 1.165) is 132 Å². The first-order chi connectivity index (χ1) is 29.7. The van der Waals surface area contributed by atoms with Crippen LogP contribution in [0, 0.1) is 27.7 Å². The SMILES string of the molecule is CCCCCc1oc(CCCCCCCCCCC(=O)OC(COC(=O)CCCCCCCCc2oc(CCCCC)c(C)c2C)COP(=O)(O)OCC(N)C(=O)O)c(C)c1C. The molecular weight excluding hydrogens is 813 g/mol. The molecule has 2 aromatic heterocycles. The molecule has 0 saturated carbocycles. The summed E-state index contributed by atoms with van der Waals surface area (Å²) in [4.78, 5) is 46.4. The van der Waals surface area contributed by atoms with Gasteiger partial charge in [-0.2, -0.15) is 0 Å². The summed E-state index contributed by atoms with van der Waals surface area (Å²) in [5.41, 5.74) is 10.5. The van der Waals surface area contributed by atoms with Gasteiger partial charge in [0.25, 0.3) is 0 Å². The Labute approximate surface area is 372 Å². The summed E-state index contributed by atoms with van der Waals surface area (Å²) in [6.07, 6.45) is 24.0. The number of carbonyl (C=O) groups excluding carboxylic acids is 2. The molecule has 0 spiro atoms. The number of hydrogen-bond donors (Lipinski definition) is 3. The first-order valence-electron chi connectivity index (χ1n) is 23.8. The van der Waals surface area contributed by atoms with Gasteiger partial charge in [-0.05, 0) is 88.5 Å². The molecule has 0 aliphatic carbocycles. The Hall–Kier alpha value is -2.96. The molecule has 0 radical (unpaired) electrons. The third kappa shape index (κ3) is 23.1. The van der Waals surface area contributed by atoms with Crippen LogP contribution in [0.5, 0.6) is 0 Å². The molecule has 3 atom stereocenters. The maximum atomic E-state index is 12.8. The lowest BCUT2D eigenvalue weighted by molar-refractivity contribution is -0.161. The molecule has 4 N–H and O–H groups in total. The Kier molecular flexibility index (Phi) is 28.3. The quantitative estimate of drug-likeness (QED) is 0.0327. The molecule has 0 saturated heterocycles. The van der Waals surface area contributed by atoms with Crippen molar-refractivity contribution in [3.8, 4) is 0 Å². The van der Waals surface area contributed by atoms with Crippen LogP contribution in [0.2, 0.25) is 0 Å². The number of nitrogens with two attached hydrogens (primary N) is 1. The lowest BCUT2D eigenvalue weighted by Gasteiger charge is -2.20. The van der Waals surface area contributed by atoms with E-state index >= 15 is 0 Å². The van der Waals surface area contributed by atoms with Gasteiger partial charge in [0.15, 0.2) is 6.10 Å². The lowest BCUT2D eigenvalue weighted by Crippen LogP contribution is -2.34. The summed E-state index contributed by atoms with van der Waals surface area (Å²) in [5.74, 6) is 2.10. The molecule has 2 aromatic rings. The third-order valence-corrected chi connectivity index (χ3v) is 12.7. The number of phosphoric acid groups is 1. The van der Waals surface area contributed by atoms with E-state index in [-0.39, 0.29) is 19.4 Å². The Balaban J connectivity index is 1.67. The molecule has 0 bridgehead atoms. The van der Waals surface area contributed by atoms with Crippen LogP contribution >= 0.6 is 7.82 Å². The molecule has 2 rings (SSSR count). The van der Waals surface area contributed by atoms with Gasteiger partial charge in [0, 0.05) is 38.5 Å². The number of carboxylic acids is 1. The Bertz CT molecular complexity index is 1620. The number of aliphatic carboxylic acids is 1. The molecule has 14 heteroatoms. The van der Waals surface area contributed by atoms with Crippen LogP contribution in [-0.4, -0.2) is 59.9 Å². The predicted octanol–water partition coefficient (Wildman–Crippen LogP) is 11.6. The molecule has 356 valence electrons. The highest BCUT2D eigenvalue weighted by Crippen LogP contribution is 2.43. The van der Waals surface area contributed by atoms with Crippen molar-refractivity contribution >= 4 is 25.7 Å². The van der Waals surface area contributed by atoms with E-state index in [0.29, 0.717) is 12.8 Å². The van der Waals surface area contributed by atoms with Crippen LogP contribution < -0.4 is 5.73 Å². The standard InChI is InChI=1S/C48H82NO12P/c1-7-9-21-27-42-36(3)38(5)44(60-42)29-23-17-13-11-12-14-20-26-32-47(51)59-40(34-57-62(54,55)58-35-41(49)48(52)53)33-56-46(50)31-25-19-16-15-18-24-30-45-39(6)37(4)43(61-45)28-22-10-8-2/h40-41H,7-35,49H2,1-6H3,(H,52,53)(H,54,55). The third-order valence-electron chi connectivity index (χ3n) is 11.8. The molecule has 2 heterocycles. The first kappa shape index (κ1) is 55.2. The largest absolute Gasteiger partial charge is 0.480 e. The summed E-state index contributed by atoms with van der Waals surface area (Å²) in [7, 11) is -4.75. The molecule has 0 aliphatic rings. The van der Waals surface area contributed by atoms with Crippen LogP contribution in [0.4, 0.5) is 0 Å². The highest BCUT2D eigenvalue weighted by molar-refractivity contribution is 7.47. The second-order valence-electron chi connectivity index (χ2n) is 17.1. The van der Waals surface area contributed by atoms with Gasteiger partial charge in [0.05, 0.1) is 13.2 Å². The minimum Gasteiger partial charge on any atom is -0.480 e. The molecule has 0 aromatic carbocycles. The Morgan fingerprint density at radius 2 is 0.903 bits per heavy atom. The van der Waals surface area contributed by atoms with Crippen molar-refractivity contribution in [3.05, 3.63) is 45.3 Å². The van der Waals surface area contributed by atoms with Crippen molar-refractivity contribution < 1.29 is 56.3 Å². The summed E-state index contributed by atoms with van der Waals surface area (Å²) in [6.45, 7) is 11.3. The average Bonchev–Trinajstić information content (AvgIpc) is 3.67. The highest BCUT2D eigenvalue weighted by atomic mass is 31.2. The van der Waals surface area contributed by atoms with E-state index in [1.807, 2.05) is 0 Å². The maximum absolute atomic E-state index is 12.8. The van der Waals surface area contributed by atoms with E-state index in [2.05, 4.69) is 46.1 Å². The molecule has 62 heavy (non-hydrogen) atoms. The topological polar surface area (TPSA) is 198 Å². The number of phosphoric ester groups is 1. The Morgan fingerprint density at radius 3 is 1.31 bits per heavy atom. The van der Waals surface area contributed by atoms with Crippen molar-refractivity contribution in [2.24, 2.45) is 5.73 Å². The number of carboxylic acid groups (broad SMARTS) is 1. The van der Waals surface area contributed by atoms with Crippen LogP contribution in [0.15, 0.2) is 8.83 Å². The number of furan rings is 2. The van der Waals surface area contributed by atoms with Gasteiger partial charge >= 0.3 is 25.7 Å². The normalized spacial score (nSPS) is 13.5. The molecule has 3 unspecified atom stereocenters. The molecule has 13 nitrogen and oxygen atoms in total. The fourth-order valence-corrected chi connectivity index (χ4v) is 8.20. The fraction of sp³-hybridized carbons (Fsp3) is 0.771. The molecular formula is C48H82NO12P. The van der Waals surface area contributed by atoms with Gasteiger partial charge < -0.3 is 34.0 Å². The van der Waals surface area contributed by atoms with Gasteiger partial charge in [-0.1, -0.05) is 104 Å². The maximum Gasteiger partial charge on any atom is 0.472 e. The molecule has 0 fully saturated rings. The second-order valence-corrected chi connectivity index (χ2v) is 18.5. The Morgan fingerprint density at radius 1 is 0.548 bits per heavy atom. The van der Waals surface area contributed by atoms with Crippen molar-refractivity contribution in [2.75, 3.05) is 19.8 Å². The number of unbranched alkanes of at least 4 members (excludes halogenated alkanes) is 16. The summed E-state index contributed by atoms with van der Waals surface area (Å²) >= 11 is 0. The predicted molar refractivity (Wildman–Crippen MR) is 242 cm³/mol. The lowest BCUT2D eigenvalue weighted by atomic mass is 10.0. The number of carbonyl (C=O) groups is 3. The van der Waals surface area contributed by atoms with Gasteiger partial charge in [0.2, 0.25) is 0 Å². The van der Waals surface area contributed by atoms with E-state index in [4.69, 9.17) is 33.7 Å². The molecule has 0 aliphatic heterocycles. The van der Waals surface area contributed by atoms with Crippen LogP contribution in [-0.2, 0) is 63.2 Å². The zero-order valence-electron chi connectivity index (χ0n) is 39.2. The number of esters is 2. The van der Waals surface area contributed by atoms with Crippen molar-refractivity contribution in [3.63, 3.8) is 0 Å². The van der Waals surface area contributed by atoms with Gasteiger partial charge in [-0.25, -0.2) is 4.57 Å². The minimum absolute atomic E-state index is 0.133. The van der Waals surface area contributed by atoms with Crippen molar-refractivity contribution in [1.82, 2.24) is 0 Å². The zero-order valence-corrected chi connectivity index (χ0v) is 40.1. The summed E-state index contributed by atoms with van der Waals surface area (Å²) < 4.78 is 45.3. The van der Waals surface area contributed by atoms with E-state index < -0.39 is 51.1 Å². The number of aryl methyl sites for hydroxylation is 4. The minimum atomic E-state index is -4.75. The first-order valence-corrected chi connectivity index (χ1v) is 25.3. The second kappa shape index (κ2) is 31.8. The van der Waals surface area contributed by atoms with E-state index in [9.17, 15) is 23.8 Å². The van der Waals surface area contributed by atoms with Crippen molar-refractivity contribution in [1.29, 1.82) is 0 Å². The van der Waals surface area contributed by atoms with E-state index in [1.165, 1.54) is 54.4 Å². The van der Waals surface area contributed by atoms with E-state index in [1.54, 1.807) is 0 Å². The molecule has 0 amide bonds. The van der Waals surface area contributed by atoms with Crippen LogP contribution in [0.3, 0.4) is 0 Å². The summed E-state index contributed by atoms with van der Waals surface area (Å²) in [5, 5.41) is 8.93. The van der Waals surface area contributed by atoms with Crippen molar-refractivity contribution in [2.45, 2.75) is 221 Å². The smallest absolute Gasteiger partial charge is 0.472 e. The highest BCUT2D eigenvalue weighted by Gasteiger charge is 2.28. The summed E-state index contributed by atoms with van der Waals surface area (Å²) in [6, 6.07) is -1.54. The monoisotopic (exact) mass is 896 g/mol. The van der Waals surface area contributed by atoms with Gasteiger partial charge in [0.1, 0.15) is 35.7 Å². The van der Waals surface area contributed by atoms with Gasteiger partial charge in [-0.3, -0.25) is 23.4 Å². The van der Waals surface area contributed by atoms with Crippen LogP contribution in [0.25, 0.3) is 0 Å². The zero-order chi connectivity index (χ0) is 45.8. The fourth-order valence-electron chi connectivity index (χ4n) is 7.42. The number of ether oxygens (including phenoxy) is 2. The average molecular weight is 896 g/mol. The number of rotatable bonds is 38. The van der Waals surface area contributed by atoms with Crippen LogP contribution in [0.1, 0.15) is 200 Å². The number of hydrogen-bond acceptors (Lipinski definition) is 11.